The van der Waals surface area contributed by atoms with Gasteiger partial charge >= 0.3 is 0 Å². The molecule has 1 aliphatic heterocycles. The van der Waals surface area contributed by atoms with Gasteiger partial charge in [0.25, 0.3) is 0 Å². The Morgan fingerprint density at radius 2 is 2.17 bits per heavy atom. The van der Waals surface area contributed by atoms with Gasteiger partial charge < -0.3 is 9.63 Å². The van der Waals surface area contributed by atoms with Crippen molar-refractivity contribution in [1.82, 2.24) is 10.1 Å². The van der Waals surface area contributed by atoms with Gasteiger partial charge in [-0.1, -0.05) is 18.0 Å². The maximum atomic E-state index is 10.2. The molecule has 0 spiro atoms. The molecule has 1 aliphatic carbocycles. The molecule has 1 aromatic heterocycles. The number of aromatic nitrogens is 1. The summed E-state index contributed by atoms with van der Waals surface area (Å²) in [5, 5.41) is 14.2. The average Bonchev–Trinajstić information content (AvgIpc) is 3.02. The lowest BCUT2D eigenvalue weighted by Gasteiger charge is -2.36. The number of rotatable bonds is 3. The van der Waals surface area contributed by atoms with Gasteiger partial charge in [-0.3, -0.25) is 4.90 Å². The van der Waals surface area contributed by atoms with E-state index < -0.39 is 0 Å². The summed E-state index contributed by atoms with van der Waals surface area (Å²) < 4.78 is 4.90. The Labute approximate surface area is 108 Å². The number of likely N-dealkylation sites (tertiary alicyclic amines) is 1. The second kappa shape index (κ2) is 5.41. The molecule has 2 aliphatic rings. The molecule has 3 atom stereocenters. The van der Waals surface area contributed by atoms with Crippen molar-refractivity contribution in [3.63, 3.8) is 0 Å². The number of hydrogen-bond donors (Lipinski definition) is 1. The largest absolute Gasteiger partial charge is 0.393 e. The van der Waals surface area contributed by atoms with Crippen LogP contribution in [0.2, 0.25) is 0 Å². The molecule has 100 valence electrons. The van der Waals surface area contributed by atoms with Crippen LogP contribution in [0.4, 0.5) is 0 Å². The molecule has 3 rings (SSSR count). The molecule has 1 saturated carbocycles. The molecule has 1 saturated heterocycles. The third kappa shape index (κ3) is 2.45. The summed E-state index contributed by atoms with van der Waals surface area (Å²) >= 11 is 0. The summed E-state index contributed by atoms with van der Waals surface area (Å²) in [6.07, 6.45) is 8.63. The fraction of sp³-hybridized carbons (Fsp3) is 0.786. The van der Waals surface area contributed by atoms with Crippen LogP contribution in [-0.4, -0.2) is 33.9 Å². The highest BCUT2D eigenvalue weighted by Gasteiger charge is 2.36. The third-order valence-electron chi connectivity index (χ3n) is 4.55. The second-order valence-electron chi connectivity index (χ2n) is 5.69. The standard InChI is InChI=1S/C14H22N2O2/c17-14-6-2-1-4-12(14)13-5-3-8-16(13)10-11-7-9-18-15-11/h7,9,12-14,17H,1-6,8,10H2. The first kappa shape index (κ1) is 12.2. The lowest BCUT2D eigenvalue weighted by atomic mass is 9.80. The highest BCUT2D eigenvalue weighted by molar-refractivity contribution is 4.98. The van der Waals surface area contributed by atoms with Crippen molar-refractivity contribution >= 4 is 0 Å². The van der Waals surface area contributed by atoms with Crippen molar-refractivity contribution in [1.29, 1.82) is 0 Å². The summed E-state index contributed by atoms with van der Waals surface area (Å²) in [4.78, 5) is 2.48. The Kier molecular flexibility index (Phi) is 3.66. The molecule has 2 heterocycles. The third-order valence-corrected chi connectivity index (χ3v) is 4.55. The predicted octanol–water partition coefficient (Wildman–Crippen LogP) is 2.19. The van der Waals surface area contributed by atoms with Crippen LogP contribution in [0.25, 0.3) is 0 Å². The lowest BCUT2D eigenvalue weighted by molar-refractivity contribution is 0.0197. The van der Waals surface area contributed by atoms with Crippen LogP contribution < -0.4 is 0 Å². The average molecular weight is 250 g/mol. The maximum absolute atomic E-state index is 10.2. The van der Waals surface area contributed by atoms with E-state index in [0.717, 1.165) is 25.2 Å². The Bertz CT molecular complexity index is 366. The summed E-state index contributed by atoms with van der Waals surface area (Å²) in [6.45, 7) is 1.99. The van der Waals surface area contributed by atoms with Gasteiger partial charge in [-0.2, -0.15) is 0 Å². The smallest absolute Gasteiger partial charge is 0.124 e. The summed E-state index contributed by atoms with van der Waals surface area (Å²) in [5.41, 5.74) is 1.01. The van der Waals surface area contributed by atoms with Crippen molar-refractivity contribution in [3.05, 3.63) is 18.0 Å². The van der Waals surface area contributed by atoms with Crippen LogP contribution >= 0.6 is 0 Å². The molecule has 4 nitrogen and oxygen atoms in total. The summed E-state index contributed by atoms with van der Waals surface area (Å²) in [5.74, 6) is 0.466. The van der Waals surface area contributed by atoms with Crippen LogP contribution in [0.5, 0.6) is 0 Å². The van der Waals surface area contributed by atoms with E-state index in [1.165, 1.54) is 32.1 Å². The van der Waals surface area contributed by atoms with Crippen LogP contribution in [0, 0.1) is 5.92 Å². The van der Waals surface area contributed by atoms with E-state index in [1.54, 1.807) is 6.26 Å². The summed E-state index contributed by atoms with van der Waals surface area (Å²) in [7, 11) is 0. The fourth-order valence-electron chi connectivity index (χ4n) is 3.65. The highest BCUT2D eigenvalue weighted by Crippen LogP contribution is 2.35. The molecular formula is C14H22N2O2. The first-order chi connectivity index (χ1) is 8.84. The first-order valence-electron chi connectivity index (χ1n) is 7.16. The Morgan fingerprint density at radius 3 is 2.94 bits per heavy atom. The van der Waals surface area contributed by atoms with Gasteiger partial charge in [0, 0.05) is 24.6 Å². The lowest BCUT2D eigenvalue weighted by Crippen LogP contribution is -2.42. The van der Waals surface area contributed by atoms with Crippen molar-refractivity contribution in [2.75, 3.05) is 6.54 Å². The predicted molar refractivity (Wildman–Crippen MR) is 67.9 cm³/mol. The molecule has 0 amide bonds. The molecule has 2 fully saturated rings. The highest BCUT2D eigenvalue weighted by atomic mass is 16.5. The molecule has 18 heavy (non-hydrogen) atoms. The molecule has 3 unspecified atom stereocenters. The number of aliphatic hydroxyl groups is 1. The minimum atomic E-state index is -0.0957. The number of nitrogens with zero attached hydrogens (tertiary/aromatic N) is 2. The zero-order valence-corrected chi connectivity index (χ0v) is 10.8. The normalized spacial score (nSPS) is 33.9. The molecule has 0 bridgehead atoms. The van der Waals surface area contributed by atoms with Gasteiger partial charge in [-0.05, 0) is 32.2 Å². The van der Waals surface area contributed by atoms with Gasteiger partial charge in [0.1, 0.15) is 6.26 Å². The quantitative estimate of drug-likeness (QED) is 0.893. The number of hydrogen-bond acceptors (Lipinski definition) is 4. The maximum Gasteiger partial charge on any atom is 0.124 e. The van der Waals surface area contributed by atoms with Crippen LogP contribution in [0.15, 0.2) is 16.9 Å². The monoisotopic (exact) mass is 250 g/mol. The zero-order chi connectivity index (χ0) is 12.4. The van der Waals surface area contributed by atoms with Crippen LogP contribution in [0.1, 0.15) is 44.2 Å². The SMILES string of the molecule is OC1CCCCC1C1CCCN1Cc1ccon1. The van der Waals surface area contributed by atoms with E-state index in [9.17, 15) is 5.11 Å². The van der Waals surface area contributed by atoms with E-state index in [4.69, 9.17) is 4.52 Å². The van der Waals surface area contributed by atoms with E-state index in [-0.39, 0.29) is 6.10 Å². The molecule has 1 aromatic rings. The molecule has 0 aromatic carbocycles. The Balaban J connectivity index is 1.66. The van der Waals surface area contributed by atoms with E-state index in [0.29, 0.717) is 12.0 Å². The van der Waals surface area contributed by atoms with Crippen molar-refractivity contribution in [3.8, 4) is 0 Å². The van der Waals surface area contributed by atoms with Gasteiger partial charge in [-0.25, -0.2) is 0 Å². The van der Waals surface area contributed by atoms with E-state index >= 15 is 0 Å². The second-order valence-corrected chi connectivity index (χ2v) is 5.69. The van der Waals surface area contributed by atoms with Gasteiger partial charge in [0.05, 0.1) is 11.8 Å². The van der Waals surface area contributed by atoms with E-state index in [1.807, 2.05) is 6.07 Å². The topological polar surface area (TPSA) is 49.5 Å². The van der Waals surface area contributed by atoms with Crippen molar-refractivity contribution < 1.29 is 9.63 Å². The van der Waals surface area contributed by atoms with Gasteiger partial charge in [-0.15, -0.1) is 0 Å². The zero-order valence-electron chi connectivity index (χ0n) is 10.8. The van der Waals surface area contributed by atoms with Crippen LogP contribution in [-0.2, 0) is 6.54 Å². The molecule has 4 heteroatoms. The fourth-order valence-corrected chi connectivity index (χ4v) is 3.65. The van der Waals surface area contributed by atoms with Gasteiger partial charge in [0.2, 0.25) is 0 Å². The van der Waals surface area contributed by atoms with Gasteiger partial charge in [0.15, 0.2) is 0 Å². The van der Waals surface area contributed by atoms with Crippen LogP contribution in [0.3, 0.4) is 0 Å². The van der Waals surface area contributed by atoms with Crippen molar-refractivity contribution in [2.24, 2.45) is 5.92 Å². The molecule has 0 radical (unpaired) electrons. The molecule has 1 N–H and O–H groups in total. The minimum absolute atomic E-state index is 0.0957. The van der Waals surface area contributed by atoms with Crippen molar-refractivity contribution in [2.45, 2.75) is 57.2 Å². The minimum Gasteiger partial charge on any atom is -0.393 e. The Morgan fingerprint density at radius 1 is 1.28 bits per heavy atom. The van der Waals surface area contributed by atoms with E-state index in [2.05, 4.69) is 10.1 Å². The molecular weight excluding hydrogens is 228 g/mol. The first-order valence-corrected chi connectivity index (χ1v) is 7.16. The number of aliphatic hydroxyl groups excluding tert-OH is 1. The Hall–Kier alpha value is -0.870. The summed E-state index contributed by atoms with van der Waals surface area (Å²) in [6, 6.07) is 2.48.